The van der Waals surface area contributed by atoms with Gasteiger partial charge < -0.3 is 5.11 Å². The van der Waals surface area contributed by atoms with Gasteiger partial charge in [0.2, 0.25) is 0 Å². The van der Waals surface area contributed by atoms with Gasteiger partial charge in [0.05, 0.1) is 0 Å². The average Bonchev–Trinajstić information content (AvgIpc) is 2.26. The lowest BCUT2D eigenvalue weighted by molar-refractivity contribution is 0.0689. The maximum Gasteiger partial charge on any atom is 0.354 e. The fraction of sp³-hybridized carbons (Fsp3) is 0.538. The molecular weight excluding hydrogens is 202 g/mol. The maximum absolute atomic E-state index is 10.9. The topological polar surface area (TPSA) is 50.2 Å². The third-order valence-electron chi connectivity index (χ3n) is 2.64. The largest absolute Gasteiger partial charge is 0.477 e. The molecule has 0 aliphatic heterocycles. The molecule has 0 amide bonds. The number of rotatable bonds is 6. The number of aryl methyl sites for hydroxylation is 2. The van der Waals surface area contributed by atoms with Crippen molar-refractivity contribution < 1.29 is 9.90 Å². The van der Waals surface area contributed by atoms with Crippen molar-refractivity contribution in [1.82, 2.24) is 4.98 Å². The van der Waals surface area contributed by atoms with Crippen molar-refractivity contribution in [3.05, 3.63) is 29.1 Å². The first-order valence-electron chi connectivity index (χ1n) is 5.85. The Morgan fingerprint density at radius 2 is 2.06 bits per heavy atom. The van der Waals surface area contributed by atoms with Crippen molar-refractivity contribution >= 4 is 5.97 Å². The lowest BCUT2D eigenvalue weighted by Crippen LogP contribution is -2.05. The van der Waals surface area contributed by atoms with E-state index < -0.39 is 5.97 Å². The van der Waals surface area contributed by atoms with E-state index in [0.29, 0.717) is 0 Å². The average molecular weight is 221 g/mol. The van der Waals surface area contributed by atoms with Crippen LogP contribution in [0.3, 0.4) is 0 Å². The van der Waals surface area contributed by atoms with E-state index in [9.17, 15) is 4.79 Å². The minimum atomic E-state index is -0.937. The number of carboxylic acids is 1. The summed E-state index contributed by atoms with van der Waals surface area (Å²) in [6.07, 6.45) is 5.59. The second kappa shape index (κ2) is 6.26. The first-order valence-corrected chi connectivity index (χ1v) is 5.85. The number of aromatic nitrogens is 1. The molecule has 3 heteroatoms. The Morgan fingerprint density at radius 1 is 1.31 bits per heavy atom. The third kappa shape index (κ3) is 3.65. The maximum atomic E-state index is 10.9. The Hall–Kier alpha value is -1.38. The summed E-state index contributed by atoms with van der Waals surface area (Å²) in [6.45, 7) is 3.95. The summed E-state index contributed by atoms with van der Waals surface area (Å²) in [5.41, 5.74) is 1.80. The fourth-order valence-electron chi connectivity index (χ4n) is 1.66. The van der Waals surface area contributed by atoms with E-state index in [1.165, 1.54) is 19.3 Å². The van der Waals surface area contributed by atoms with Crippen LogP contribution in [-0.4, -0.2) is 16.1 Å². The lowest BCUT2D eigenvalue weighted by Gasteiger charge is -2.04. The number of hydrogen-bond donors (Lipinski definition) is 1. The summed E-state index contributed by atoms with van der Waals surface area (Å²) in [5.74, 6) is -0.937. The molecule has 88 valence electrons. The molecule has 1 rings (SSSR count). The predicted molar refractivity (Wildman–Crippen MR) is 63.8 cm³/mol. The summed E-state index contributed by atoms with van der Waals surface area (Å²) in [6, 6.07) is 3.76. The van der Waals surface area contributed by atoms with Gasteiger partial charge >= 0.3 is 5.97 Å². The zero-order valence-corrected chi connectivity index (χ0v) is 9.99. The summed E-state index contributed by atoms with van der Waals surface area (Å²) in [4.78, 5) is 15.1. The van der Waals surface area contributed by atoms with Crippen molar-refractivity contribution in [2.75, 3.05) is 0 Å². The number of carboxylic acid groups (broad SMARTS) is 1. The first-order chi connectivity index (χ1) is 7.65. The van der Waals surface area contributed by atoms with Gasteiger partial charge in [0.25, 0.3) is 0 Å². The van der Waals surface area contributed by atoms with Crippen molar-refractivity contribution in [2.45, 2.75) is 46.0 Å². The SMILES string of the molecule is CCCCCCc1ccc(C)c(C(=O)O)n1. The molecule has 0 unspecified atom stereocenters. The van der Waals surface area contributed by atoms with E-state index >= 15 is 0 Å². The molecule has 0 atom stereocenters. The highest BCUT2D eigenvalue weighted by atomic mass is 16.4. The van der Waals surface area contributed by atoms with Gasteiger partial charge in [0, 0.05) is 5.69 Å². The number of carbonyl (C=O) groups is 1. The number of aromatic carboxylic acids is 1. The summed E-state index contributed by atoms with van der Waals surface area (Å²) in [7, 11) is 0. The highest BCUT2D eigenvalue weighted by Crippen LogP contribution is 2.10. The van der Waals surface area contributed by atoms with Crippen LogP contribution in [-0.2, 0) is 6.42 Å². The molecule has 0 radical (unpaired) electrons. The van der Waals surface area contributed by atoms with Gasteiger partial charge in [0.15, 0.2) is 5.69 Å². The van der Waals surface area contributed by atoms with E-state index in [4.69, 9.17) is 5.11 Å². The molecule has 1 aromatic rings. The molecule has 0 saturated heterocycles. The van der Waals surface area contributed by atoms with E-state index in [2.05, 4.69) is 11.9 Å². The van der Waals surface area contributed by atoms with Crippen LogP contribution in [0.2, 0.25) is 0 Å². The normalized spacial score (nSPS) is 10.4. The highest BCUT2D eigenvalue weighted by molar-refractivity contribution is 5.86. The Kier molecular flexibility index (Phi) is 4.96. The summed E-state index contributed by atoms with van der Waals surface area (Å²) >= 11 is 0. The molecule has 0 aliphatic rings. The van der Waals surface area contributed by atoms with E-state index in [1.807, 2.05) is 12.1 Å². The number of hydrogen-bond acceptors (Lipinski definition) is 2. The molecule has 1 heterocycles. The standard InChI is InChI=1S/C13H19NO2/c1-3-4-5-6-7-11-9-8-10(2)12(14-11)13(15)16/h8-9H,3-7H2,1-2H3,(H,15,16). The van der Waals surface area contributed by atoms with Gasteiger partial charge in [0.1, 0.15) is 0 Å². The summed E-state index contributed by atoms with van der Waals surface area (Å²) in [5, 5.41) is 8.94. The van der Waals surface area contributed by atoms with Crippen LogP contribution in [0.5, 0.6) is 0 Å². The van der Waals surface area contributed by atoms with Crippen LogP contribution < -0.4 is 0 Å². The van der Waals surface area contributed by atoms with Crippen LogP contribution in [0.15, 0.2) is 12.1 Å². The Balaban J connectivity index is 2.61. The van der Waals surface area contributed by atoms with E-state index in [-0.39, 0.29) is 5.69 Å². The molecular formula is C13H19NO2. The van der Waals surface area contributed by atoms with Crippen molar-refractivity contribution in [1.29, 1.82) is 0 Å². The van der Waals surface area contributed by atoms with Gasteiger partial charge in [-0.3, -0.25) is 0 Å². The third-order valence-corrected chi connectivity index (χ3v) is 2.64. The van der Waals surface area contributed by atoms with Crippen LogP contribution in [0.4, 0.5) is 0 Å². The van der Waals surface area contributed by atoms with Crippen LogP contribution in [0.1, 0.15) is 54.4 Å². The molecule has 0 aromatic carbocycles. The molecule has 0 bridgehead atoms. The van der Waals surface area contributed by atoms with E-state index in [0.717, 1.165) is 24.1 Å². The summed E-state index contributed by atoms with van der Waals surface area (Å²) < 4.78 is 0. The predicted octanol–water partition coefficient (Wildman–Crippen LogP) is 3.21. The minimum absolute atomic E-state index is 0.188. The van der Waals surface area contributed by atoms with Gasteiger partial charge in [-0.25, -0.2) is 9.78 Å². The smallest absolute Gasteiger partial charge is 0.354 e. The minimum Gasteiger partial charge on any atom is -0.477 e. The van der Waals surface area contributed by atoms with Crippen molar-refractivity contribution in [3.63, 3.8) is 0 Å². The fourth-order valence-corrected chi connectivity index (χ4v) is 1.66. The van der Waals surface area contributed by atoms with Crippen molar-refractivity contribution in [2.24, 2.45) is 0 Å². The molecule has 1 N–H and O–H groups in total. The van der Waals surface area contributed by atoms with Crippen LogP contribution in [0, 0.1) is 6.92 Å². The molecule has 0 saturated carbocycles. The van der Waals surface area contributed by atoms with Crippen LogP contribution >= 0.6 is 0 Å². The van der Waals surface area contributed by atoms with Gasteiger partial charge in [-0.15, -0.1) is 0 Å². The molecule has 0 spiro atoms. The second-order valence-corrected chi connectivity index (χ2v) is 4.08. The molecule has 16 heavy (non-hydrogen) atoms. The molecule has 1 aromatic heterocycles. The number of nitrogens with zero attached hydrogens (tertiary/aromatic N) is 1. The molecule has 0 aliphatic carbocycles. The number of unbranched alkanes of at least 4 members (excludes halogenated alkanes) is 3. The van der Waals surface area contributed by atoms with E-state index in [1.54, 1.807) is 6.92 Å². The van der Waals surface area contributed by atoms with Crippen LogP contribution in [0.25, 0.3) is 0 Å². The second-order valence-electron chi connectivity index (χ2n) is 4.08. The number of pyridine rings is 1. The Labute approximate surface area is 96.5 Å². The highest BCUT2D eigenvalue weighted by Gasteiger charge is 2.09. The monoisotopic (exact) mass is 221 g/mol. The zero-order valence-electron chi connectivity index (χ0n) is 9.99. The lowest BCUT2D eigenvalue weighted by atomic mass is 10.1. The van der Waals surface area contributed by atoms with Gasteiger partial charge in [-0.1, -0.05) is 32.3 Å². The molecule has 0 fully saturated rings. The first kappa shape index (κ1) is 12.7. The molecule has 3 nitrogen and oxygen atoms in total. The van der Waals surface area contributed by atoms with Gasteiger partial charge in [-0.2, -0.15) is 0 Å². The van der Waals surface area contributed by atoms with Crippen molar-refractivity contribution in [3.8, 4) is 0 Å². The zero-order chi connectivity index (χ0) is 12.0. The van der Waals surface area contributed by atoms with Gasteiger partial charge in [-0.05, 0) is 31.4 Å². The Bertz CT molecular complexity index is 361. The Morgan fingerprint density at radius 3 is 2.69 bits per heavy atom. The quantitative estimate of drug-likeness (QED) is 0.750.